The van der Waals surface area contributed by atoms with Crippen molar-refractivity contribution in [2.45, 2.75) is 13.8 Å². The third-order valence-corrected chi connectivity index (χ3v) is 20.8. The first-order valence-electron chi connectivity index (χ1n) is 32.8. The van der Waals surface area contributed by atoms with Gasteiger partial charge < -0.3 is 0 Å². The van der Waals surface area contributed by atoms with Crippen molar-refractivity contribution in [2.75, 3.05) is 0 Å². The van der Waals surface area contributed by atoms with Crippen molar-refractivity contribution in [1.82, 2.24) is 8.75 Å². The zero-order chi connectivity index (χ0) is 65.3. The molecule has 0 fully saturated rings. The van der Waals surface area contributed by atoms with Gasteiger partial charge in [-0.25, -0.2) is 0 Å². The summed E-state index contributed by atoms with van der Waals surface area (Å²) in [4.78, 5) is 4.63. The Labute approximate surface area is 580 Å². The van der Waals surface area contributed by atoms with Crippen molar-refractivity contribution in [2.24, 2.45) is 0 Å². The van der Waals surface area contributed by atoms with Crippen LogP contribution >= 0.6 is 34.4 Å². The maximum Gasteiger partial charge on any atom is 0.114 e. The van der Waals surface area contributed by atoms with Gasteiger partial charge in [-0.05, 0) is 149 Å². The number of hydrogen-bond acceptors (Lipinski definition) is 5. The maximum absolute atomic E-state index is 5.17. The first-order chi connectivity index (χ1) is 48.1. The van der Waals surface area contributed by atoms with Crippen molar-refractivity contribution in [3.63, 3.8) is 0 Å². The monoisotopic (exact) mass is 1290 g/mol. The van der Waals surface area contributed by atoms with Gasteiger partial charge in [0.25, 0.3) is 0 Å². The van der Waals surface area contributed by atoms with E-state index >= 15 is 0 Å². The average Bonchev–Trinajstić information content (AvgIpc) is 1.69. The molecule has 0 atom stereocenters. The van der Waals surface area contributed by atoms with Gasteiger partial charge in [-0.2, -0.15) is 8.75 Å². The summed E-state index contributed by atoms with van der Waals surface area (Å²) in [7, 11) is 0. The SMILES string of the molecule is CC=CC(=CC)C(=C(c1ccccc1)c1ccc(-c2ccc(-c3ccc(-c4sc(-c5ccc(C(=C(c6ccccc6)c6ccccc6)c6ccccc6)cc5)cc4-c4ccc(C(=C(c5ccccc5)c5ccccc5)c5ccccc5)cc4)c4nsnc34)s2)cc1)c1ccccc1. The Morgan fingerprint density at radius 1 is 0.268 bits per heavy atom. The fraction of sp³-hybridized carbons (Fsp3) is 0.0217. The summed E-state index contributed by atoms with van der Waals surface area (Å²) in [6, 6.07) is 125. The molecule has 0 saturated heterocycles. The molecule has 97 heavy (non-hydrogen) atoms. The Balaban J connectivity index is 0.842. The van der Waals surface area contributed by atoms with E-state index in [1.807, 2.05) is 11.3 Å². The molecule has 0 bridgehead atoms. The van der Waals surface area contributed by atoms with E-state index in [-0.39, 0.29) is 0 Å². The van der Waals surface area contributed by atoms with Crippen LogP contribution in [0.3, 0.4) is 0 Å². The normalized spacial score (nSPS) is 11.8. The molecule has 5 heteroatoms. The highest BCUT2D eigenvalue weighted by Gasteiger charge is 2.24. The lowest BCUT2D eigenvalue weighted by Crippen LogP contribution is -1.97. The molecule has 15 rings (SSSR count). The molecule has 2 nitrogen and oxygen atoms in total. The predicted octanol–water partition coefficient (Wildman–Crippen LogP) is 25.6. The number of allylic oxidation sites excluding steroid dienone is 5. The van der Waals surface area contributed by atoms with Gasteiger partial charge in [0, 0.05) is 36.2 Å². The van der Waals surface area contributed by atoms with Crippen molar-refractivity contribution in [3.05, 3.63) is 431 Å². The van der Waals surface area contributed by atoms with Crippen molar-refractivity contribution >= 4 is 78.9 Å². The van der Waals surface area contributed by atoms with E-state index in [0.29, 0.717) is 0 Å². The van der Waals surface area contributed by atoms with E-state index < -0.39 is 0 Å². The van der Waals surface area contributed by atoms with Gasteiger partial charge in [0.05, 0.1) is 11.7 Å². The smallest absolute Gasteiger partial charge is 0.114 e. The highest BCUT2D eigenvalue weighted by atomic mass is 32.1. The molecule has 0 N–H and O–H groups in total. The fourth-order valence-electron chi connectivity index (χ4n) is 13.3. The third kappa shape index (κ3) is 12.9. The second kappa shape index (κ2) is 28.6. The molecule has 0 radical (unpaired) electrons. The zero-order valence-corrected chi connectivity index (χ0v) is 56.2. The van der Waals surface area contributed by atoms with Crippen LogP contribution < -0.4 is 0 Å². The van der Waals surface area contributed by atoms with Crippen LogP contribution in [-0.2, 0) is 0 Å². The Bertz CT molecular complexity index is 5270. The van der Waals surface area contributed by atoms with Crippen LogP contribution in [0, 0.1) is 0 Å². The maximum atomic E-state index is 5.17. The van der Waals surface area contributed by atoms with Gasteiger partial charge in [-0.3, -0.25) is 0 Å². The summed E-state index contributed by atoms with van der Waals surface area (Å²) in [5.74, 6) is 0. The van der Waals surface area contributed by atoms with E-state index in [1.165, 1.54) is 77.9 Å². The highest BCUT2D eigenvalue weighted by molar-refractivity contribution is 7.20. The minimum absolute atomic E-state index is 0.896. The number of fused-ring (bicyclic) bond motifs is 1. The standard InChI is InChI=1S/C92H66N2S3/c1-3-29-63(4-2)84(67-30-13-5-14-31-67)87(72-40-23-10-24-41-72)76-54-48-65(49-55-76)81-60-61-82(95-81)78-58-59-79(91-90(78)93-97-94-91)92-80(64-46-52-75(53-47-64)88(73-42-25-11-26-43-73)85(68-32-15-6-16-33-68)69-34-17-7-18-35-69)62-83(96-92)66-50-56-77(57-51-66)89(74-44-27-12-28-45-74)86(70-36-19-8-20-37-70)71-38-21-9-22-39-71/h3-62H,1-2H3. The molecule has 0 aliphatic heterocycles. The van der Waals surface area contributed by atoms with E-state index in [0.717, 1.165) is 98.0 Å². The van der Waals surface area contributed by atoms with Gasteiger partial charge in [-0.15, -0.1) is 22.7 Å². The van der Waals surface area contributed by atoms with Crippen LogP contribution in [-0.4, -0.2) is 8.75 Å². The lowest BCUT2D eigenvalue weighted by atomic mass is 9.85. The number of nitrogens with zero attached hydrogens (tertiary/aromatic N) is 2. The summed E-state index contributed by atoms with van der Waals surface area (Å²) in [6.07, 6.45) is 6.55. The van der Waals surface area contributed by atoms with Crippen LogP contribution in [0.15, 0.2) is 370 Å². The molecule has 12 aromatic carbocycles. The first-order valence-corrected chi connectivity index (χ1v) is 35.2. The van der Waals surface area contributed by atoms with Gasteiger partial charge >= 0.3 is 0 Å². The van der Waals surface area contributed by atoms with Crippen LogP contribution in [0.25, 0.3) is 97.4 Å². The van der Waals surface area contributed by atoms with Gasteiger partial charge in [0.1, 0.15) is 11.0 Å². The van der Waals surface area contributed by atoms with E-state index in [9.17, 15) is 0 Å². The summed E-state index contributed by atoms with van der Waals surface area (Å²) < 4.78 is 10.3. The van der Waals surface area contributed by atoms with Crippen LogP contribution in [0.2, 0.25) is 0 Å². The van der Waals surface area contributed by atoms with Crippen molar-refractivity contribution in [1.29, 1.82) is 0 Å². The number of hydrogen-bond donors (Lipinski definition) is 0. The quantitative estimate of drug-likeness (QED) is 0.0632. The molecule has 15 aromatic rings. The lowest BCUT2D eigenvalue weighted by Gasteiger charge is -2.19. The van der Waals surface area contributed by atoms with Gasteiger partial charge in [0.15, 0.2) is 0 Å². The summed E-state index contributed by atoms with van der Waals surface area (Å²) in [5, 5.41) is 0. The van der Waals surface area contributed by atoms with E-state index in [4.69, 9.17) is 8.75 Å². The Kier molecular flexibility index (Phi) is 18.2. The molecule has 0 aliphatic rings. The van der Waals surface area contributed by atoms with E-state index in [2.05, 4.69) is 378 Å². The topological polar surface area (TPSA) is 25.8 Å². The minimum atomic E-state index is 0.896. The highest BCUT2D eigenvalue weighted by Crippen LogP contribution is 2.49. The molecule has 0 aliphatic carbocycles. The predicted molar refractivity (Wildman–Crippen MR) is 416 cm³/mol. The van der Waals surface area contributed by atoms with Crippen molar-refractivity contribution < 1.29 is 0 Å². The number of benzene rings is 12. The van der Waals surface area contributed by atoms with Gasteiger partial charge in [-0.1, -0.05) is 346 Å². The summed E-state index contributed by atoms with van der Waals surface area (Å²) in [6.45, 7) is 4.21. The lowest BCUT2D eigenvalue weighted by molar-refractivity contribution is 1.49. The van der Waals surface area contributed by atoms with Crippen LogP contribution in [0.5, 0.6) is 0 Å². The third-order valence-electron chi connectivity index (χ3n) is 17.9. The zero-order valence-electron chi connectivity index (χ0n) is 53.8. The van der Waals surface area contributed by atoms with E-state index in [1.54, 1.807) is 11.3 Å². The number of rotatable bonds is 18. The molecular formula is C92H66N2S3. The molecule has 0 unspecified atom stereocenters. The molecule has 462 valence electrons. The fourth-order valence-corrected chi connectivity index (χ4v) is 16.2. The molecule has 0 amide bonds. The molecule has 0 saturated carbocycles. The van der Waals surface area contributed by atoms with Crippen LogP contribution in [0.1, 0.15) is 75.0 Å². The second-order valence-electron chi connectivity index (χ2n) is 23.8. The minimum Gasteiger partial charge on any atom is -0.172 e. The Morgan fingerprint density at radius 3 is 0.979 bits per heavy atom. The molecule has 3 aromatic heterocycles. The first kappa shape index (κ1) is 61.7. The number of thiophene rings is 2. The summed E-state index contributed by atoms with van der Waals surface area (Å²) >= 11 is 4.89. The van der Waals surface area contributed by atoms with Gasteiger partial charge in [0.2, 0.25) is 0 Å². The number of aromatic nitrogens is 2. The average molecular weight is 1300 g/mol. The molecule has 0 spiro atoms. The molecule has 3 heterocycles. The Hall–Kier alpha value is -11.4. The largest absolute Gasteiger partial charge is 0.172 e. The molecular weight excluding hydrogens is 1230 g/mol. The second-order valence-corrected chi connectivity index (χ2v) is 26.5. The van der Waals surface area contributed by atoms with Crippen LogP contribution in [0.4, 0.5) is 0 Å². The Morgan fingerprint density at radius 2 is 0.588 bits per heavy atom. The van der Waals surface area contributed by atoms with Crippen molar-refractivity contribution in [3.8, 4) is 52.9 Å². The summed E-state index contributed by atoms with van der Waals surface area (Å²) in [5.41, 5.74) is 29.5.